The second kappa shape index (κ2) is 8.67. The molecule has 0 aliphatic heterocycles. The van der Waals surface area contributed by atoms with E-state index in [2.05, 4.69) is 29.7 Å². The van der Waals surface area contributed by atoms with Gasteiger partial charge in [0.15, 0.2) is 0 Å². The molecule has 0 aromatic heterocycles. The number of amides is 1. The maximum Gasteiger partial charge on any atom is 0.236 e. The van der Waals surface area contributed by atoms with Gasteiger partial charge in [-0.2, -0.15) is 0 Å². The fourth-order valence-electron chi connectivity index (χ4n) is 1.87. The number of rotatable bonds is 8. The summed E-state index contributed by atoms with van der Waals surface area (Å²) in [5, 5.41) is 6.19. The van der Waals surface area contributed by atoms with Crippen LogP contribution < -0.4 is 10.6 Å². The van der Waals surface area contributed by atoms with Crippen LogP contribution in [0.2, 0.25) is 0 Å². The van der Waals surface area contributed by atoms with Crippen LogP contribution in [0.3, 0.4) is 0 Å². The van der Waals surface area contributed by atoms with Crippen molar-refractivity contribution in [3.8, 4) is 0 Å². The first-order chi connectivity index (χ1) is 9.15. The summed E-state index contributed by atoms with van der Waals surface area (Å²) in [4.78, 5) is 11.9. The Morgan fingerprint density at radius 1 is 1.26 bits per heavy atom. The lowest BCUT2D eigenvalue weighted by Crippen LogP contribution is -2.43. The maximum absolute atomic E-state index is 11.9. The van der Waals surface area contributed by atoms with E-state index >= 15 is 0 Å². The Morgan fingerprint density at radius 3 is 2.58 bits per heavy atom. The van der Waals surface area contributed by atoms with Crippen molar-refractivity contribution in [2.24, 2.45) is 0 Å². The fraction of sp³-hybridized carbons (Fsp3) is 0.533. The molecule has 0 bridgehead atoms. The highest BCUT2D eigenvalue weighted by atomic mass is 16.5. The lowest BCUT2D eigenvalue weighted by molar-refractivity contribution is -0.122. The number of methoxy groups -OCH3 is 1. The van der Waals surface area contributed by atoms with Crippen molar-refractivity contribution in [2.45, 2.75) is 32.4 Å². The number of hydrogen-bond donors (Lipinski definition) is 2. The van der Waals surface area contributed by atoms with E-state index in [0.717, 1.165) is 6.42 Å². The molecule has 1 aromatic rings. The van der Waals surface area contributed by atoms with Crippen molar-refractivity contribution in [2.75, 3.05) is 20.3 Å². The molecule has 2 atom stereocenters. The highest BCUT2D eigenvalue weighted by Gasteiger charge is 2.15. The molecule has 0 spiro atoms. The average molecular weight is 264 g/mol. The van der Waals surface area contributed by atoms with E-state index in [1.807, 2.05) is 25.1 Å². The third-order valence-electron chi connectivity index (χ3n) is 3.02. The molecule has 0 fully saturated rings. The van der Waals surface area contributed by atoms with Gasteiger partial charge in [0.25, 0.3) is 0 Å². The molecule has 0 aliphatic rings. The molecule has 0 heterocycles. The molecule has 1 unspecified atom stereocenters. The molecule has 19 heavy (non-hydrogen) atoms. The van der Waals surface area contributed by atoms with Crippen molar-refractivity contribution in [3.05, 3.63) is 35.9 Å². The van der Waals surface area contributed by atoms with Crippen LogP contribution in [-0.2, 0) is 9.53 Å². The standard InChI is InChI=1S/C15H24N2O2/c1-12(14-8-5-4-6-9-14)17-13(2)15(18)16-10-7-11-19-3/h4-6,8-9,12-13,17H,7,10-11H2,1-3H3,(H,16,18)/t12-,13?/m1/s1. The predicted octanol–water partition coefficient (Wildman–Crippen LogP) is 1.88. The van der Waals surface area contributed by atoms with Gasteiger partial charge in [0.1, 0.15) is 0 Å². The quantitative estimate of drug-likeness (QED) is 0.705. The van der Waals surface area contributed by atoms with Crippen LogP contribution in [0.25, 0.3) is 0 Å². The monoisotopic (exact) mass is 264 g/mol. The second-order valence-electron chi connectivity index (χ2n) is 4.66. The van der Waals surface area contributed by atoms with Gasteiger partial charge < -0.3 is 10.1 Å². The van der Waals surface area contributed by atoms with Gasteiger partial charge in [-0.1, -0.05) is 30.3 Å². The van der Waals surface area contributed by atoms with Gasteiger partial charge in [-0.05, 0) is 25.8 Å². The Morgan fingerprint density at radius 2 is 1.95 bits per heavy atom. The van der Waals surface area contributed by atoms with E-state index in [0.29, 0.717) is 13.2 Å². The summed E-state index contributed by atoms with van der Waals surface area (Å²) in [5.74, 6) is 0.0267. The Bertz CT molecular complexity index is 368. The fourth-order valence-corrected chi connectivity index (χ4v) is 1.87. The molecule has 1 rings (SSSR count). The number of carbonyl (C=O) groups is 1. The molecule has 2 N–H and O–H groups in total. The van der Waals surface area contributed by atoms with E-state index in [1.165, 1.54) is 5.56 Å². The number of ether oxygens (including phenoxy) is 1. The van der Waals surface area contributed by atoms with Gasteiger partial charge in [-0.15, -0.1) is 0 Å². The Kier molecular flexibility index (Phi) is 7.15. The highest BCUT2D eigenvalue weighted by molar-refractivity contribution is 5.81. The largest absolute Gasteiger partial charge is 0.385 e. The molecule has 1 amide bonds. The molecule has 0 saturated carbocycles. The SMILES string of the molecule is COCCCNC(=O)C(C)N[C@H](C)c1ccccc1. The molecule has 1 aromatic carbocycles. The number of carbonyl (C=O) groups excluding carboxylic acids is 1. The first-order valence-electron chi connectivity index (χ1n) is 6.72. The minimum Gasteiger partial charge on any atom is -0.385 e. The molecule has 4 nitrogen and oxygen atoms in total. The third kappa shape index (κ3) is 5.85. The topological polar surface area (TPSA) is 50.4 Å². The Labute approximate surface area is 115 Å². The van der Waals surface area contributed by atoms with Crippen LogP contribution >= 0.6 is 0 Å². The summed E-state index contributed by atoms with van der Waals surface area (Å²) in [6.45, 7) is 5.26. The van der Waals surface area contributed by atoms with Crippen LogP contribution in [0.4, 0.5) is 0 Å². The molecule has 4 heteroatoms. The zero-order valence-electron chi connectivity index (χ0n) is 12.0. The number of nitrogens with one attached hydrogen (secondary N) is 2. The smallest absolute Gasteiger partial charge is 0.236 e. The van der Waals surface area contributed by atoms with E-state index < -0.39 is 0 Å². The zero-order chi connectivity index (χ0) is 14.1. The minimum absolute atomic E-state index is 0.0267. The summed E-state index contributed by atoms with van der Waals surface area (Å²) in [6.07, 6.45) is 0.837. The molecule has 0 radical (unpaired) electrons. The molecule has 0 saturated heterocycles. The van der Waals surface area contributed by atoms with Crippen molar-refractivity contribution in [1.29, 1.82) is 0 Å². The highest BCUT2D eigenvalue weighted by Crippen LogP contribution is 2.11. The van der Waals surface area contributed by atoms with Crippen LogP contribution in [0.1, 0.15) is 31.9 Å². The third-order valence-corrected chi connectivity index (χ3v) is 3.02. The summed E-state index contributed by atoms with van der Waals surface area (Å²) >= 11 is 0. The van der Waals surface area contributed by atoms with Crippen LogP contribution in [0, 0.1) is 0 Å². The summed E-state index contributed by atoms with van der Waals surface area (Å²) in [6, 6.07) is 10.1. The summed E-state index contributed by atoms with van der Waals surface area (Å²) in [7, 11) is 1.66. The first-order valence-corrected chi connectivity index (χ1v) is 6.72. The average Bonchev–Trinajstić information content (AvgIpc) is 2.44. The van der Waals surface area contributed by atoms with Gasteiger partial charge >= 0.3 is 0 Å². The van der Waals surface area contributed by atoms with Crippen molar-refractivity contribution in [1.82, 2.24) is 10.6 Å². The van der Waals surface area contributed by atoms with E-state index in [4.69, 9.17) is 4.74 Å². The van der Waals surface area contributed by atoms with Gasteiger partial charge in [-0.25, -0.2) is 0 Å². The molecule has 0 aliphatic carbocycles. The molecule has 106 valence electrons. The van der Waals surface area contributed by atoms with Crippen molar-refractivity contribution >= 4 is 5.91 Å². The lowest BCUT2D eigenvalue weighted by atomic mass is 10.1. The Hall–Kier alpha value is -1.39. The molecular weight excluding hydrogens is 240 g/mol. The van der Waals surface area contributed by atoms with Gasteiger partial charge in [0.2, 0.25) is 5.91 Å². The van der Waals surface area contributed by atoms with Gasteiger partial charge in [0.05, 0.1) is 6.04 Å². The van der Waals surface area contributed by atoms with Crippen LogP contribution in [0.15, 0.2) is 30.3 Å². The van der Waals surface area contributed by atoms with E-state index in [9.17, 15) is 4.79 Å². The van der Waals surface area contributed by atoms with Crippen molar-refractivity contribution in [3.63, 3.8) is 0 Å². The maximum atomic E-state index is 11.9. The van der Waals surface area contributed by atoms with Crippen LogP contribution in [0.5, 0.6) is 0 Å². The number of benzene rings is 1. The second-order valence-corrected chi connectivity index (χ2v) is 4.66. The zero-order valence-corrected chi connectivity index (χ0v) is 12.0. The molecular formula is C15H24N2O2. The lowest BCUT2D eigenvalue weighted by Gasteiger charge is -2.20. The summed E-state index contributed by atoms with van der Waals surface area (Å²) in [5.41, 5.74) is 1.18. The Balaban J connectivity index is 2.33. The van der Waals surface area contributed by atoms with Crippen LogP contribution in [-0.4, -0.2) is 32.2 Å². The summed E-state index contributed by atoms with van der Waals surface area (Å²) < 4.78 is 4.94. The van der Waals surface area contributed by atoms with E-state index in [-0.39, 0.29) is 18.0 Å². The van der Waals surface area contributed by atoms with E-state index in [1.54, 1.807) is 7.11 Å². The predicted molar refractivity (Wildman–Crippen MR) is 77.0 cm³/mol. The number of hydrogen-bond acceptors (Lipinski definition) is 3. The van der Waals surface area contributed by atoms with Crippen molar-refractivity contribution < 1.29 is 9.53 Å². The van der Waals surface area contributed by atoms with Gasteiger partial charge in [-0.3, -0.25) is 10.1 Å². The first kappa shape index (κ1) is 15.7. The normalized spacial score (nSPS) is 13.8. The van der Waals surface area contributed by atoms with Gasteiger partial charge in [0, 0.05) is 26.3 Å². The minimum atomic E-state index is -0.210.